The van der Waals surface area contributed by atoms with Crippen molar-refractivity contribution in [1.82, 2.24) is 19.9 Å². The minimum atomic E-state index is -3.21. The molecule has 0 aliphatic heterocycles. The quantitative estimate of drug-likeness (QED) is 0.393. The zero-order valence-corrected chi connectivity index (χ0v) is 22.3. The highest BCUT2D eigenvalue weighted by Crippen LogP contribution is 2.30. The lowest BCUT2D eigenvalue weighted by Crippen LogP contribution is -2.42. The lowest BCUT2D eigenvalue weighted by atomic mass is 9.94. The molecule has 4 rings (SSSR count). The SMILES string of the molecule is CC(C)(O)C(F)CNC(=O)c1cnc(-c2ccc3cc(C#N)cnn23)cc1NC1CCCC(S(C)(=O)=O)C1. The summed E-state index contributed by atoms with van der Waals surface area (Å²) in [5.74, 6) is -0.578. The molecule has 0 aromatic carbocycles. The summed E-state index contributed by atoms with van der Waals surface area (Å²) in [5, 5.41) is 28.7. The number of hydrogen-bond donors (Lipinski definition) is 3. The van der Waals surface area contributed by atoms with Gasteiger partial charge in [-0.25, -0.2) is 17.3 Å². The van der Waals surface area contributed by atoms with Crippen molar-refractivity contribution >= 4 is 26.9 Å². The minimum absolute atomic E-state index is 0.166. The van der Waals surface area contributed by atoms with E-state index in [1.807, 2.05) is 0 Å². The van der Waals surface area contributed by atoms with Gasteiger partial charge in [0.2, 0.25) is 0 Å². The maximum Gasteiger partial charge on any atom is 0.255 e. The fourth-order valence-electron chi connectivity index (χ4n) is 4.56. The number of carbonyl (C=O) groups is 1. The van der Waals surface area contributed by atoms with Crippen molar-refractivity contribution in [3.63, 3.8) is 0 Å². The van der Waals surface area contributed by atoms with Crippen LogP contribution < -0.4 is 10.6 Å². The van der Waals surface area contributed by atoms with Gasteiger partial charge in [-0.2, -0.15) is 10.4 Å². The molecular weight excluding hydrogens is 511 g/mol. The maximum atomic E-state index is 14.3. The van der Waals surface area contributed by atoms with Crippen LogP contribution in [0.3, 0.4) is 0 Å². The number of nitrogens with zero attached hydrogens (tertiary/aromatic N) is 4. The van der Waals surface area contributed by atoms with E-state index in [1.165, 1.54) is 32.5 Å². The van der Waals surface area contributed by atoms with Gasteiger partial charge in [0.25, 0.3) is 5.91 Å². The summed E-state index contributed by atoms with van der Waals surface area (Å²) in [7, 11) is -3.21. The highest BCUT2D eigenvalue weighted by atomic mass is 32.2. The van der Waals surface area contributed by atoms with E-state index in [-0.39, 0.29) is 11.6 Å². The van der Waals surface area contributed by atoms with Crippen molar-refractivity contribution in [1.29, 1.82) is 5.26 Å². The molecule has 1 aliphatic carbocycles. The Morgan fingerprint density at radius 2 is 2.08 bits per heavy atom. The van der Waals surface area contributed by atoms with E-state index in [4.69, 9.17) is 5.26 Å². The first-order valence-electron chi connectivity index (χ1n) is 12.3. The Balaban J connectivity index is 1.68. The Labute approximate surface area is 220 Å². The first-order valence-corrected chi connectivity index (χ1v) is 14.3. The topological polar surface area (TPSA) is 149 Å². The highest BCUT2D eigenvalue weighted by Gasteiger charge is 2.30. The Bertz CT molecular complexity index is 1490. The monoisotopic (exact) mass is 542 g/mol. The lowest BCUT2D eigenvalue weighted by Gasteiger charge is -2.30. The van der Waals surface area contributed by atoms with Crippen LogP contribution in [0.25, 0.3) is 16.9 Å². The first-order chi connectivity index (χ1) is 17.9. The highest BCUT2D eigenvalue weighted by molar-refractivity contribution is 7.91. The zero-order chi connectivity index (χ0) is 27.7. The lowest BCUT2D eigenvalue weighted by molar-refractivity contribution is -0.00177. The number of hydrogen-bond acceptors (Lipinski definition) is 8. The molecule has 10 nitrogen and oxygen atoms in total. The van der Waals surface area contributed by atoms with Gasteiger partial charge in [-0.1, -0.05) is 6.42 Å². The van der Waals surface area contributed by atoms with Gasteiger partial charge in [0.05, 0.1) is 57.3 Å². The van der Waals surface area contributed by atoms with E-state index < -0.39 is 39.3 Å². The molecule has 12 heteroatoms. The van der Waals surface area contributed by atoms with Gasteiger partial charge in [0.1, 0.15) is 22.1 Å². The number of alkyl halides is 1. The molecule has 202 valence electrons. The number of fused-ring (bicyclic) bond motifs is 1. The van der Waals surface area contributed by atoms with Crippen molar-refractivity contribution < 1.29 is 22.7 Å². The van der Waals surface area contributed by atoms with E-state index in [0.717, 1.165) is 12.8 Å². The van der Waals surface area contributed by atoms with E-state index in [1.54, 1.807) is 28.8 Å². The molecule has 1 fully saturated rings. The number of halogens is 1. The molecule has 3 atom stereocenters. The predicted molar refractivity (Wildman–Crippen MR) is 141 cm³/mol. The second-order valence-electron chi connectivity index (χ2n) is 10.3. The number of pyridine rings is 1. The molecule has 1 saturated carbocycles. The molecule has 0 radical (unpaired) electrons. The number of nitrogens with one attached hydrogen (secondary N) is 2. The largest absolute Gasteiger partial charge is 0.387 e. The van der Waals surface area contributed by atoms with Crippen LogP contribution in [-0.2, 0) is 9.84 Å². The Hall–Kier alpha value is -3.56. The molecule has 0 spiro atoms. The van der Waals surface area contributed by atoms with Crippen LogP contribution in [0.4, 0.5) is 10.1 Å². The molecule has 3 aromatic rings. The Morgan fingerprint density at radius 1 is 1.32 bits per heavy atom. The van der Waals surface area contributed by atoms with Gasteiger partial charge < -0.3 is 15.7 Å². The van der Waals surface area contributed by atoms with E-state index >= 15 is 0 Å². The molecule has 3 aromatic heterocycles. The third-order valence-electron chi connectivity index (χ3n) is 6.84. The minimum Gasteiger partial charge on any atom is -0.387 e. The number of aromatic nitrogens is 3. The molecule has 3 N–H and O–H groups in total. The number of aliphatic hydroxyl groups is 1. The summed E-state index contributed by atoms with van der Waals surface area (Å²) in [6.45, 7) is 2.26. The average Bonchev–Trinajstić information content (AvgIpc) is 3.29. The number of carbonyl (C=O) groups excluding carboxylic acids is 1. The van der Waals surface area contributed by atoms with Gasteiger partial charge in [0.15, 0.2) is 0 Å². The maximum absolute atomic E-state index is 14.3. The van der Waals surface area contributed by atoms with Gasteiger partial charge in [-0.15, -0.1) is 0 Å². The standard InChI is InChI=1S/C26H31FN6O4S/c1-26(2,35)24(27)15-30-25(34)20-14-29-22(23-8-7-18-9-16(12-28)13-31-33(18)23)11-21(20)32-17-5-4-6-19(10-17)38(3,36)37/h7-9,11,13-14,17,19,24,35H,4-6,10,15H2,1-3H3,(H,29,32)(H,30,34). The fraction of sp³-hybridized carbons (Fsp3) is 0.462. The van der Waals surface area contributed by atoms with Crippen molar-refractivity contribution in [2.24, 2.45) is 0 Å². The second kappa shape index (κ2) is 10.7. The summed E-state index contributed by atoms with van der Waals surface area (Å²) in [5.41, 5.74) is 1.21. The van der Waals surface area contributed by atoms with E-state index in [2.05, 4.69) is 26.8 Å². The number of amides is 1. The van der Waals surface area contributed by atoms with Crippen LogP contribution in [-0.4, -0.2) is 69.9 Å². The Kier molecular flexibility index (Phi) is 7.71. The smallest absolute Gasteiger partial charge is 0.255 e. The summed E-state index contributed by atoms with van der Waals surface area (Å²) in [6, 6.07) is 8.83. The van der Waals surface area contributed by atoms with Crippen LogP contribution in [0.2, 0.25) is 0 Å². The first kappa shape index (κ1) is 27.5. The average molecular weight is 543 g/mol. The van der Waals surface area contributed by atoms with Crippen LogP contribution in [0.5, 0.6) is 0 Å². The van der Waals surface area contributed by atoms with Crippen molar-refractivity contribution in [2.75, 3.05) is 18.1 Å². The fourth-order valence-corrected chi connectivity index (χ4v) is 5.74. The molecule has 1 aliphatic rings. The van der Waals surface area contributed by atoms with Crippen LogP contribution in [0.1, 0.15) is 55.5 Å². The number of nitriles is 1. The van der Waals surface area contributed by atoms with E-state index in [0.29, 0.717) is 41.0 Å². The molecular formula is C26H31FN6O4S. The van der Waals surface area contributed by atoms with Crippen molar-refractivity contribution in [2.45, 2.75) is 62.6 Å². The van der Waals surface area contributed by atoms with Crippen LogP contribution in [0, 0.1) is 11.3 Å². The second-order valence-corrected chi connectivity index (χ2v) is 12.6. The molecule has 3 heterocycles. The third-order valence-corrected chi connectivity index (χ3v) is 8.48. The summed E-state index contributed by atoms with van der Waals surface area (Å²) in [4.78, 5) is 17.5. The summed E-state index contributed by atoms with van der Waals surface area (Å²) in [6.07, 6.45) is 4.82. The predicted octanol–water partition coefficient (Wildman–Crippen LogP) is 2.87. The van der Waals surface area contributed by atoms with Crippen LogP contribution >= 0.6 is 0 Å². The molecule has 0 bridgehead atoms. The number of anilines is 1. The Morgan fingerprint density at radius 3 is 2.76 bits per heavy atom. The van der Waals surface area contributed by atoms with Gasteiger partial charge >= 0.3 is 0 Å². The molecule has 1 amide bonds. The molecule has 0 saturated heterocycles. The normalized spacial score (nSPS) is 19.1. The molecule has 3 unspecified atom stereocenters. The third kappa shape index (κ3) is 6.11. The number of rotatable bonds is 8. The molecule has 38 heavy (non-hydrogen) atoms. The number of sulfone groups is 1. The zero-order valence-electron chi connectivity index (χ0n) is 21.5. The van der Waals surface area contributed by atoms with Crippen molar-refractivity contribution in [3.05, 3.63) is 47.8 Å². The van der Waals surface area contributed by atoms with Crippen LogP contribution in [0.15, 0.2) is 36.7 Å². The van der Waals surface area contributed by atoms with E-state index in [9.17, 15) is 22.7 Å². The van der Waals surface area contributed by atoms with Gasteiger partial charge in [-0.3, -0.25) is 9.78 Å². The summed E-state index contributed by atoms with van der Waals surface area (Å²) >= 11 is 0. The van der Waals surface area contributed by atoms with Gasteiger partial charge in [0, 0.05) is 18.5 Å². The summed E-state index contributed by atoms with van der Waals surface area (Å²) < 4.78 is 40.3. The van der Waals surface area contributed by atoms with Gasteiger partial charge in [-0.05, 0) is 57.4 Å². The van der Waals surface area contributed by atoms with Crippen molar-refractivity contribution in [3.8, 4) is 17.5 Å².